The van der Waals surface area contributed by atoms with E-state index in [0.717, 1.165) is 12.3 Å². The predicted octanol–water partition coefficient (Wildman–Crippen LogP) is 1.75. The van der Waals surface area contributed by atoms with E-state index in [-0.39, 0.29) is 8.47 Å². The molecule has 1 rings (SSSR count). The molecular weight excluding hydrogens is 319 g/mol. The lowest BCUT2D eigenvalue weighted by atomic mass is 10.5. The summed E-state index contributed by atoms with van der Waals surface area (Å²) in [6.07, 6.45) is 0.875. The van der Waals surface area contributed by atoms with Gasteiger partial charge < -0.3 is 0 Å². The van der Waals surface area contributed by atoms with Gasteiger partial charge in [-0.2, -0.15) is 4.39 Å². The number of rotatable bonds is 1. The molecule has 1 aromatic rings. The molecule has 3 nitrogen and oxygen atoms in total. The third-order valence-corrected chi connectivity index (χ3v) is 3.13. The Balaban J connectivity index is 3.33. The minimum Gasteiger partial charge on any atom is -0.226 e. The zero-order chi connectivity index (χ0) is 9.35. The average Bonchev–Trinajstić information content (AvgIpc) is 1.92. The highest BCUT2D eigenvalue weighted by Gasteiger charge is 2.12. The fourth-order valence-corrected chi connectivity index (χ4v) is 1.91. The molecule has 66 valence electrons. The lowest BCUT2D eigenvalue weighted by molar-refractivity contribution is 0.571. The highest BCUT2D eigenvalue weighted by molar-refractivity contribution is 14.1. The Kier molecular flexibility index (Phi) is 2.89. The first-order valence-electron chi connectivity index (χ1n) is 2.67. The molecule has 0 atom stereocenters. The fraction of sp³-hybridized carbons (Fsp3) is 0. The molecule has 0 saturated carbocycles. The second kappa shape index (κ2) is 3.43. The minimum atomic E-state index is -3.80. The SMILES string of the molecule is O=S(=O)(Cl)c1cnc(F)c(I)c1. The summed E-state index contributed by atoms with van der Waals surface area (Å²) in [5.74, 6) is -0.709. The summed E-state index contributed by atoms with van der Waals surface area (Å²) < 4.78 is 34.0. The molecule has 0 radical (unpaired) electrons. The van der Waals surface area contributed by atoms with Gasteiger partial charge in [-0.3, -0.25) is 0 Å². The first-order chi connectivity index (χ1) is 5.41. The van der Waals surface area contributed by atoms with Crippen molar-refractivity contribution < 1.29 is 12.8 Å². The Morgan fingerprint density at radius 2 is 2.17 bits per heavy atom. The number of aromatic nitrogens is 1. The number of hydrogen-bond donors (Lipinski definition) is 0. The van der Waals surface area contributed by atoms with Gasteiger partial charge in [0.1, 0.15) is 4.90 Å². The van der Waals surface area contributed by atoms with E-state index in [1.54, 1.807) is 22.6 Å². The van der Waals surface area contributed by atoms with Crippen molar-refractivity contribution in [1.82, 2.24) is 4.98 Å². The highest BCUT2D eigenvalue weighted by atomic mass is 127. The van der Waals surface area contributed by atoms with Crippen LogP contribution in [-0.4, -0.2) is 13.4 Å². The van der Waals surface area contributed by atoms with Gasteiger partial charge in [-0.05, 0) is 28.7 Å². The van der Waals surface area contributed by atoms with Crippen molar-refractivity contribution >= 4 is 42.3 Å². The zero-order valence-electron chi connectivity index (χ0n) is 5.46. The summed E-state index contributed by atoms with van der Waals surface area (Å²) >= 11 is 1.63. The fourth-order valence-electron chi connectivity index (χ4n) is 0.537. The molecule has 1 heterocycles. The van der Waals surface area contributed by atoms with E-state index in [1.165, 1.54) is 0 Å². The Morgan fingerprint density at radius 3 is 2.58 bits per heavy atom. The molecule has 1 aromatic heterocycles. The smallest absolute Gasteiger partial charge is 0.226 e. The molecule has 0 aromatic carbocycles. The quantitative estimate of drug-likeness (QED) is 0.450. The first kappa shape index (κ1) is 10.1. The Labute approximate surface area is 86.5 Å². The third-order valence-electron chi connectivity index (χ3n) is 1.05. The molecule has 0 bridgehead atoms. The van der Waals surface area contributed by atoms with Crippen molar-refractivity contribution in [1.29, 1.82) is 0 Å². The van der Waals surface area contributed by atoms with Crippen LogP contribution in [0.1, 0.15) is 0 Å². The monoisotopic (exact) mass is 321 g/mol. The molecule has 0 N–H and O–H groups in total. The van der Waals surface area contributed by atoms with Gasteiger partial charge in [0.05, 0.1) is 9.77 Å². The maximum atomic E-state index is 12.5. The number of halogens is 3. The summed E-state index contributed by atoms with van der Waals surface area (Å²) in [5, 5.41) is 0. The number of pyridine rings is 1. The largest absolute Gasteiger partial charge is 0.262 e. The average molecular weight is 321 g/mol. The van der Waals surface area contributed by atoms with Gasteiger partial charge in [-0.25, -0.2) is 13.4 Å². The Hall–Kier alpha value is 0.0500. The van der Waals surface area contributed by atoms with Crippen LogP contribution in [0.3, 0.4) is 0 Å². The van der Waals surface area contributed by atoms with Crippen molar-refractivity contribution in [3.63, 3.8) is 0 Å². The molecule has 0 aliphatic rings. The Bertz CT molecular complexity index is 408. The van der Waals surface area contributed by atoms with Crippen molar-refractivity contribution in [2.45, 2.75) is 4.90 Å². The predicted molar refractivity (Wildman–Crippen MR) is 50.0 cm³/mol. The van der Waals surface area contributed by atoms with Gasteiger partial charge in [0.15, 0.2) is 0 Å². The summed E-state index contributed by atoms with van der Waals surface area (Å²) in [7, 11) is 1.19. The van der Waals surface area contributed by atoms with Crippen LogP contribution in [0.25, 0.3) is 0 Å². The molecule has 7 heteroatoms. The number of hydrogen-bond acceptors (Lipinski definition) is 3. The van der Waals surface area contributed by atoms with E-state index < -0.39 is 15.0 Å². The normalized spacial score (nSPS) is 11.6. The maximum absolute atomic E-state index is 12.5. The lowest BCUT2D eigenvalue weighted by Crippen LogP contribution is -1.95. The van der Waals surface area contributed by atoms with Crippen LogP contribution >= 0.6 is 33.3 Å². The standard InChI is InChI=1S/C5H2ClFINO2S/c6-12(10,11)3-1-4(8)5(7)9-2-3/h1-2H. The van der Waals surface area contributed by atoms with Crippen LogP contribution < -0.4 is 0 Å². The van der Waals surface area contributed by atoms with Gasteiger partial charge in [0.25, 0.3) is 9.05 Å². The van der Waals surface area contributed by atoms with Crippen molar-refractivity contribution in [2.24, 2.45) is 0 Å². The van der Waals surface area contributed by atoms with Crippen LogP contribution in [0.2, 0.25) is 0 Å². The van der Waals surface area contributed by atoms with Crippen LogP contribution in [0.15, 0.2) is 17.2 Å². The van der Waals surface area contributed by atoms with Crippen molar-refractivity contribution in [3.05, 3.63) is 21.8 Å². The lowest BCUT2D eigenvalue weighted by Gasteiger charge is -1.96. The second-order valence-corrected chi connectivity index (χ2v) is 5.61. The zero-order valence-corrected chi connectivity index (χ0v) is 9.19. The van der Waals surface area contributed by atoms with Crippen LogP contribution in [0.5, 0.6) is 0 Å². The van der Waals surface area contributed by atoms with Gasteiger partial charge in [-0.1, -0.05) is 0 Å². The summed E-state index contributed by atoms with van der Waals surface area (Å²) in [6, 6.07) is 1.12. The number of nitrogens with zero attached hydrogens (tertiary/aromatic N) is 1. The molecule has 0 fully saturated rings. The van der Waals surface area contributed by atoms with Gasteiger partial charge in [-0.15, -0.1) is 0 Å². The summed E-state index contributed by atoms with van der Waals surface area (Å²) in [6.45, 7) is 0. The molecule has 0 unspecified atom stereocenters. The van der Waals surface area contributed by atoms with E-state index in [1.807, 2.05) is 0 Å². The molecule has 0 spiro atoms. The van der Waals surface area contributed by atoms with E-state index in [0.29, 0.717) is 0 Å². The van der Waals surface area contributed by atoms with Crippen molar-refractivity contribution in [3.8, 4) is 0 Å². The maximum Gasteiger partial charge on any atom is 0.262 e. The van der Waals surface area contributed by atoms with Gasteiger partial charge in [0.2, 0.25) is 5.95 Å². The topological polar surface area (TPSA) is 47.0 Å². The summed E-state index contributed by atoms with van der Waals surface area (Å²) in [5.41, 5.74) is 0. The minimum absolute atomic E-state index is 0.120. The molecule has 0 aliphatic carbocycles. The first-order valence-corrected chi connectivity index (χ1v) is 6.06. The molecular formula is C5H2ClFINO2S. The van der Waals surface area contributed by atoms with Crippen molar-refractivity contribution in [2.75, 3.05) is 0 Å². The molecule has 12 heavy (non-hydrogen) atoms. The van der Waals surface area contributed by atoms with E-state index in [2.05, 4.69) is 4.98 Å². The van der Waals surface area contributed by atoms with E-state index in [9.17, 15) is 12.8 Å². The van der Waals surface area contributed by atoms with Crippen LogP contribution in [0.4, 0.5) is 4.39 Å². The highest BCUT2D eigenvalue weighted by Crippen LogP contribution is 2.17. The van der Waals surface area contributed by atoms with Crippen LogP contribution in [-0.2, 0) is 9.05 Å². The molecule has 0 amide bonds. The summed E-state index contributed by atoms with van der Waals surface area (Å²) in [4.78, 5) is 3.01. The second-order valence-electron chi connectivity index (χ2n) is 1.88. The van der Waals surface area contributed by atoms with E-state index >= 15 is 0 Å². The van der Waals surface area contributed by atoms with Crippen LogP contribution in [0, 0.1) is 9.52 Å². The molecule has 0 aliphatic heterocycles. The van der Waals surface area contributed by atoms with E-state index in [4.69, 9.17) is 10.7 Å². The third kappa shape index (κ3) is 2.27. The Morgan fingerprint density at radius 1 is 1.58 bits per heavy atom. The van der Waals surface area contributed by atoms with Gasteiger partial charge >= 0.3 is 0 Å². The molecule has 0 saturated heterocycles. The van der Waals surface area contributed by atoms with Gasteiger partial charge in [0, 0.05) is 10.7 Å².